The fourth-order valence-corrected chi connectivity index (χ4v) is 17.3. The Morgan fingerprint density at radius 3 is 0.448 bits per heavy atom. The Morgan fingerprint density at radius 2 is 0.345 bits per heavy atom. The van der Waals surface area contributed by atoms with E-state index in [9.17, 15) is 0 Å². The Bertz CT molecular complexity index is 1750. The second-order valence-corrected chi connectivity index (χ2v) is 21.3. The van der Waals surface area contributed by atoms with Crippen LogP contribution in [0.3, 0.4) is 0 Å². The summed E-state index contributed by atoms with van der Waals surface area (Å²) < 4.78 is 0. The molecule has 0 aliphatic carbocycles. The summed E-state index contributed by atoms with van der Waals surface area (Å²) in [5, 5.41) is 11.2. The van der Waals surface area contributed by atoms with Crippen LogP contribution in [-0.2, 0) is 34.7 Å². The zero-order valence-corrected chi connectivity index (χ0v) is 39.1. The summed E-state index contributed by atoms with van der Waals surface area (Å²) in [5.74, 6) is 5.22. The maximum absolute atomic E-state index is 4.49. The smallest absolute Gasteiger partial charge is 0.259 e. The molecule has 0 bridgehead atoms. The Hall–Kier alpha value is -2.78. The van der Waals surface area contributed by atoms with Crippen molar-refractivity contribution in [2.75, 3.05) is 0 Å². The number of hydrogen-bond acceptors (Lipinski definition) is 0. The van der Waals surface area contributed by atoms with E-state index in [1.54, 1.807) is 0 Å². The minimum atomic E-state index is -0.534. The standard InChI is InChI=1S/2C25H21P2.2ClH.Ni.Pd/c2*1-5-13-22(14-6-1)26(23-15-7-2-8-16-23)21-27(24-17-9-3-10-18-24)25-19-11-4-12-20-25;;;;/h2*1-21H;2*1H;;/q2*-1;;;2*+2/p-2. The first kappa shape index (κ1) is 47.9. The SMILES string of the molecule is [Cl-].[Cl][Pd+].[Ni+2].c1ccc(P([CH-]P(c2ccccc2)c2ccccc2)c2ccccc2)cc1.c1ccc(P([CH-]P(c2ccccc2)c2ccccc2)c2ccccc2)cc1. The third kappa shape index (κ3) is 14.2. The molecule has 0 saturated heterocycles. The topological polar surface area (TPSA) is 0 Å². The van der Waals surface area contributed by atoms with Crippen molar-refractivity contribution in [2.24, 2.45) is 0 Å². The van der Waals surface area contributed by atoms with Crippen LogP contribution < -0.4 is 54.8 Å². The molecule has 8 aromatic carbocycles. The summed E-state index contributed by atoms with van der Waals surface area (Å²) in [6.45, 7) is 0. The van der Waals surface area contributed by atoms with Crippen molar-refractivity contribution in [1.82, 2.24) is 0 Å². The quantitative estimate of drug-likeness (QED) is 0.0656. The van der Waals surface area contributed by atoms with E-state index in [-0.39, 0.29) is 28.9 Å². The Morgan fingerprint density at radius 1 is 0.241 bits per heavy atom. The van der Waals surface area contributed by atoms with Crippen LogP contribution in [-0.4, -0.2) is 0 Å². The Balaban J connectivity index is 0.000000238. The van der Waals surface area contributed by atoms with Gasteiger partial charge in [-0.3, -0.25) is 11.8 Å². The molecule has 8 aromatic rings. The Labute approximate surface area is 382 Å². The van der Waals surface area contributed by atoms with Crippen molar-refractivity contribution in [1.29, 1.82) is 0 Å². The summed E-state index contributed by atoms with van der Waals surface area (Å²) in [4.78, 5) is 0. The van der Waals surface area contributed by atoms with E-state index < -0.39 is 31.7 Å². The first-order chi connectivity index (χ1) is 27.8. The van der Waals surface area contributed by atoms with Crippen LogP contribution in [0.1, 0.15) is 0 Å². The molecule has 0 aliphatic rings. The fourth-order valence-electron chi connectivity index (χ4n) is 6.07. The van der Waals surface area contributed by atoms with Crippen molar-refractivity contribution >= 4 is 83.7 Å². The van der Waals surface area contributed by atoms with E-state index in [0.717, 1.165) is 0 Å². The molecule has 296 valence electrons. The first-order valence-corrected chi connectivity index (χ1v) is 25.9. The third-order valence-electron chi connectivity index (χ3n) is 8.74. The molecule has 0 amide bonds. The van der Waals surface area contributed by atoms with Gasteiger partial charge in [-0.2, -0.15) is 31.7 Å². The summed E-state index contributed by atoms with van der Waals surface area (Å²) >= 11 is 2.22. The van der Waals surface area contributed by atoms with Gasteiger partial charge in [-0.05, 0) is 0 Å². The molecule has 0 radical (unpaired) electrons. The Kier molecular flexibility index (Phi) is 22.4. The van der Waals surface area contributed by atoms with Gasteiger partial charge in [-0.15, -0.1) is 0 Å². The van der Waals surface area contributed by atoms with Crippen LogP contribution in [0.5, 0.6) is 0 Å². The zero-order chi connectivity index (χ0) is 38.6. The predicted octanol–water partition coefficient (Wildman–Crippen LogP) is 8.43. The number of benzene rings is 8. The number of rotatable bonds is 12. The second-order valence-electron chi connectivity index (χ2n) is 12.4. The van der Waals surface area contributed by atoms with Gasteiger partial charge in [0.05, 0.1) is 0 Å². The summed E-state index contributed by atoms with van der Waals surface area (Å²) in [7, 11) is 2.35. The number of hydrogen-bond donors (Lipinski definition) is 0. The van der Waals surface area contributed by atoms with Gasteiger partial charge in [0.25, 0.3) is 0 Å². The van der Waals surface area contributed by atoms with Crippen molar-refractivity contribution in [3.63, 3.8) is 0 Å². The molecule has 0 unspecified atom stereocenters. The molecular formula is C50H42Cl2NiP4Pd. The minimum absolute atomic E-state index is 0. The van der Waals surface area contributed by atoms with Crippen LogP contribution in [0.4, 0.5) is 0 Å². The van der Waals surface area contributed by atoms with Gasteiger partial charge >= 0.3 is 44.2 Å². The maximum atomic E-state index is 4.49. The third-order valence-corrected chi connectivity index (χ3v) is 19.3. The molecule has 8 heteroatoms. The van der Waals surface area contributed by atoms with Crippen LogP contribution in [0.2, 0.25) is 0 Å². The molecule has 58 heavy (non-hydrogen) atoms. The molecule has 0 aliphatic heterocycles. The summed E-state index contributed by atoms with van der Waals surface area (Å²) in [5.41, 5.74) is 0. The van der Waals surface area contributed by atoms with Gasteiger partial charge in [-0.1, -0.05) is 285 Å². The second kappa shape index (κ2) is 27.1. The molecule has 0 atom stereocenters. The van der Waals surface area contributed by atoms with Crippen molar-refractivity contribution in [2.45, 2.75) is 0 Å². The largest absolute Gasteiger partial charge is 2.00 e. The average molecular weight is 1000 g/mol. The van der Waals surface area contributed by atoms with E-state index in [1.807, 2.05) is 0 Å². The van der Waals surface area contributed by atoms with E-state index in [0.29, 0.717) is 0 Å². The molecule has 8 rings (SSSR count). The van der Waals surface area contributed by atoms with Crippen LogP contribution >= 0.6 is 41.2 Å². The van der Waals surface area contributed by atoms with Crippen molar-refractivity contribution < 1.29 is 47.1 Å². The van der Waals surface area contributed by atoms with Gasteiger partial charge in [0.2, 0.25) is 0 Å². The van der Waals surface area contributed by atoms with Gasteiger partial charge in [0, 0.05) is 0 Å². The van der Waals surface area contributed by atoms with Crippen molar-refractivity contribution in [3.05, 3.63) is 254 Å². The molecular weight excluding hydrogens is 960 g/mol. The number of halogens is 2. The first-order valence-electron chi connectivity index (χ1n) is 18.2. The molecule has 0 saturated carbocycles. The van der Waals surface area contributed by atoms with Gasteiger partial charge in [0.1, 0.15) is 0 Å². The predicted molar refractivity (Wildman–Crippen MR) is 251 cm³/mol. The molecule has 0 heterocycles. The monoisotopic (exact) mass is 1000 g/mol. The van der Waals surface area contributed by atoms with E-state index in [2.05, 4.69) is 282 Å². The molecule has 0 spiro atoms. The average Bonchev–Trinajstić information content (AvgIpc) is 3.30. The summed E-state index contributed by atoms with van der Waals surface area (Å²) in [6, 6.07) is 87.3. The van der Waals surface area contributed by atoms with Gasteiger partial charge in [0.15, 0.2) is 0 Å². The normalized spacial score (nSPS) is 10.4. The molecule has 0 aromatic heterocycles. The maximum Gasteiger partial charge on any atom is 2.00 e. The van der Waals surface area contributed by atoms with Crippen LogP contribution in [0, 0.1) is 11.8 Å². The van der Waals surface area contributed by atoms with Crippen molar-refractivity contribution in [3.8, 4) is 0 Å². The van der Waals surface area contributed by atoms with Crippen LogP contribution in [0.25, 0.3) is 0 Å². The minimum Gasteiger partial charge on any atom is -0.259 e. The van der Waals surface area contributed by atoms with Gasteiger partial charge in [-0.25, -0.2) is 0 Å². The van der Waals surface area contributed by atoms with Gasteiger partial charge < -0.3 is 12.4 Å². The zero-order valence-electron chi connectivity index (χ0n) is 31.4. The van der Waals surface area contributed by atoms with Crippen LogP contribution in [0.15, 0.2) is 243 Å². The molecule has 0 nitrogen and oxygen atoms in total. The molecule has 0 fully saturated rings. The van der Waals surface area contributed by atoms with E-state index >= 15 is 0 Å². The summed E-state index contributed by atoms with van der Waals surface area (Å²) in [6.07, 6.45) is 0. The van der Waals surface area contributed by atoms with E-state index in [1.165, 1.54) is 42.4 Å². The van der Waals surface area contributed by atoms with E-state index in [4.69, 9.17) is 0 Å². The molecule has 0 N–H and O–H groups in total. The fraction of sp³-hybridized carbons (Fsp3) is 0.